The minimum Gasteiger partial charge on any atom is -0.465 e. The third kappa shape index (κ3) is 3.23. The van der Waals surface area contributed by atoms with Crippen LogP contribution in [-0.4, -0.2) is 33.1 Å². The van der Waals surface area contributed by atoms with E-state index in [1.165, 1.54) is 11.9 Å². The van der Waals surface area contributed by atoms with E-state index in [0.717, 1.165) is 22.5 Å². The number of aromatic amines is 1. The van der Waals surface area contributed by atoms with Crippen molar-refractivity contribution >= 4 is 6.09 Å². The summed E-state index contributed by atoms with van der Waals surface area (Å²) in [4.78, 5) is 20.1. The molecule has 116 valence electrons. The van der Waals surface area contributed by atoms with Gasteiger partial charge < -0.3 is 15.0 Å². The Morgan fingerprint density at radius 1 is 1.04 bits per heavy atom. The zero-order chi connectivity index (χ0) is 16.2. The van der Waals surface area contributed by atoms with Gasteiger partial charge in [-0.15, -0.1) is 0 Å². The molecule has 0 unspecified atom stereocenters. The maximum absolute atomic E-state index is 11.0. The summed E-state index contributed by atoms with van der Waals surface area (Å²) in [6.07, 6.45) is -0.982. The van der Waals surface area contributed by atoms with Crippen molar-refractivity contribution in [2.75, 3.05) is 7.05 Å². The van der Waals surface area contributed by atoms with Gasteiger partial charge >= 0.3 is 6.09 Å². The van der Waals surface area contributed by atoms with Gasteiger partial charge in [-0.1, -0.05) is 60.7 Å². The number of benzene rings is 2. The summed E-state index contributed by atoms with van der Waals surface area (Å²) in [5, 5.41) is 9.04. The molecule has 2 N–H and O–H groups in total. The maximum atomic E-state index is 11.0. The molecule has 3 rings (SSSR count). The van der Waals surface area contributed by atoms with Crippen molar-refractivity contribution in [3.05, 3.63) is 66.5 Å². The van der Waals surface area contributed by atoms with E-state index in [4.69, 9.17) is 5.11 Å². The van der Waals surface area contributed by atoms with Gasteiger partial charge in [0, 0.05) is 18.2 Å². The largest absolute Gasteiger partial charge is 0.465 e. The van der Waals surface area contributed by atoms with Crippen LogP contribution in [0.1, 0.15) is 5.82 Å². The number of H-pyrrole nitrogens is 1. The van der Waals surface area contributed by atoms with E-state index in [9.17, 15) is 4.79 Å². The van der Waals surface area contributed by atoms with Gasteiger partial charge in [-0.2, -0.15) is 0 Å². The number of nitrogens with one attached hydrogen (secondary N) is 1. The fraction of sp³-hybridized carbons (Fsp3) is 0.111. The van der Waals surface area contributed by atoms with E-state index in [-0.39, 0.29) is 6.54 Å². The number of hydrogen-bond donors (Lipinski definition) is 2. The lowest BCUT2D eigenvalue weighted by Gasteiger charge is -2.09. The van der Waals surface area contributed by atoms with E-state index < -0.39 is 6.09 Å². The molecule has 0 aliphatic carbocycles. The third-order valence-corrected chi connectivity index (χ3v) is 3.58. The normalized spacial score (nSPS) is 10.5. The van der Waals surface area contributed by atoms with Crippen molar-refractivity contribution in [1.29, 1.82) is 0 Å². The topological polar surface area (TPSA) is 69.2 Å². The molecule has 3 aromatic rings. The maximum Gasteiger partial charge on any atom is 0.407 e. The Morgan fingerprint density at radius 2 is 1.61 bits per heavy atom. The van der Waals surface area contributed by atoms with Crippen molar-refractivity contribution in [1.82, 2.24) is 14.9 Å². The molecular weight excluding hydrogens is 290 g/mol. The molecule has 0 radical (unpaired) electrons. The third-order valence-electron chi connectivity index (χ3n) is 3.58. The first-order chi connectivity index (χ1) is 11.1. The Kier molecular flexibility index (Phi) is 4.10. The highest BCUT2D eigenvalue weighted by atomic mass is 16.4. The number of carboxylic acid groups (broad SMARTS) is 1. The molecule has 0 aliphatic rings. The number of rotatable bonds is 4. The Morgan fingerprint density at radius 3 is 2.17 bits per heavy atom. The highest BCUT2D eigenvalue weighted by Gasteiger charge is 2.16. The highest BCUT2D eigenvalue weighted by Crippen LogP contribution is 2.30. The molecule has 1 heterocycles. The van der Waals surface area contributed by atoms with Crippen molar-refractivity contribution in [2.24, 2.45) is 0 Å². The van der Waals surface area contributed by atoms with Gasteiger partial charge in [0.25, 0.3) is 0 Å². The lowest BCUT2D eigenvalue weighted by molar-refractivity contribution is 0.153. The van der Waals surface area contributed by atoms with E-state index in [2.05, 4.69) is 9.97 Å². The quantitative estimate of drug-likeness (QED) is 0.769. The number of hydrogen-bond acceptors (Lipinski definition) is 2. The molecule has 0 fully saturated rings. The summed E-state index contributed by atoms with van der Waals surface area (Å²) >= 11 is 0. The molecule has 5 heteroatoms. The first kappa shape index (κ1) is 14.8. The first-order valence-corrected chi connectivity index (χ1v) is 7.29. The molecule has 1 aromatic heterocycles. The average Bonchev–Trinajstić information content (AvgIpc) is 3.00. The van der Waals surface area contributed by atoms with Crippen LogP contribution in [0.2, 0.25) is 0 Å². The summed E-state index contributed by atoms with van der Waals surface area (Å²) in [6, 6.07) is 19.8. The van der Waals surface area contributed by atoms with Gasteiger partial charge in [0.1, 0.15) is 5.82 Å². The molecule has 2 aromatic carbocycles. The Bertz CT molecular complexity index is 741. The zero-order valence-electron chi connectivity index (χ0n) is 12.7. The Balaban J connectivity index is 2.06. The SMILES string of the molecule is CN(Cc1nc(-c2ccccc2)c(-c2ccccc2)[nH]1)C(=O)O. The van der Waals surface area contributed by atoms with Crippen LogP contribution >= 0.6 is 0 Å². The molecule has 5 nitrogen and oxygen atoms in total. The summed E-state index contributed by atoms with van der Waals surface area (Å²) in [5.41, 5.74) is 3.73. The Labute approximate surface area is 134 Å². The lowest BCUT2D eigenvalue weighted by atomic mass is 10.1. The molecule has 1 amide bonds. The molecule has 0 bridgehead atoms. The van der Waals surface area contributed by atoms with Gasteiger partial charge in [0.05, 0.1) is 17.9 Å². The predicted octanol–water partition coefficient (Wildman–Crippen LogP) is 3.85. The van der Waals surface area contributed by atoms with Crippen LogP contribution < -0.4 is 0 Å². The van der Waals surface area contributed by atoms with E-state index in [0.29, 0.717) is 5.82 Å². The molecule has 0 saturated carbocycles. The highest BCUT2D eigenvalue weighted by molar-refractivity contribution is 5.78. The molecule has 0 aliphatic heterocycles. The second-order valence-electron chi connectivity index (χ2n) is 5.28. The van der Waals surface area contributed by atoms with Gasteiger partial charge in [-0.3, -0.25) is 0 Å². The Hall–Kier alpha value is -3.08. The summed E-state index contributed by atoms with van der Waals surface area (Å²) < 4.78 is 0. The van der Waals surface area contributed by atoms with Gasteiger partial charge in [0.15, 0.2) is 0 Å². The number of carbonyl (C=O) groups is 1. The monoisotopic (exact) mass is 307 g/mol. The van der Waals surface area contributed by atoms with Crippen LogP contribution in [0.25, 0.3) is 22.5 Å². The van der Waals surface area contributed by atoms with Crippen LogP contribution in [0.15, 0.2) is 60.7 Å². The molecule has 0 spiro atoms. The van der Waals surface area contributed by atoms with Gasteiger partial charge in [0.2, 0.25) is 0 Å². The first-order valence-electron chi connectivity index (χ1n) is 7.29. The van der Waals surface area contributed by atoms with Crippen molar-refractivity contribution in [3.8, 4) is 22.5 Å². The number of aromatic nitrogens is 2. The molecule has 0 saturated heterocycles. The smallest absolute Gasteiger partial charge is 0.407 e. The summed E-state index contributed by atoms with van der Waals surface area (Å²) in [6.45, 7) is 0.210. The zero-order valence-corrected chi connectivity index (χ0v) is 12.7. The number of nitrogens with zero attached hydrogens (tertiary/aromatic N) is 2. The minimum atomic E-state index is -0.982. The van der Waals surface area contributed by atoms with E-state index in [1.54, 1.807) is 0 Å². The summed E-state index contributed by atoms with van der Waals surface area (Å²) in [5.74, 6) is 0.618. The minimum absolute atomic E-state index is 0.210. The van der Waals surface area contributed by atoms with E-state index >= 15 is 0 Å². The fourth-order valence-electron chi connectivity index (χ4n) is 2.41. The van der Waals surface area contributed by atoms with Crippen LogP contribution in [0.5, 0.6) is 0 Å². The molecule has 23 heavy (non-hydrogen) atoms. The van der Waals surface area contributed by atoms with Gasteiger partial charge in [-0.05, 0) is 0 Å². The van der Waals surface area contributed by atoms with Crippen molar-refractivity contribution < 1.29 is 9.90 Å². The lowest BCUT2D eigenvalue weighted by Crippen LogP contribution is -2.24. The van der Waals surface area contributed by atoms with Crippen LogP contribution in [0.3, 0.4) is 0 Å². The molecular formula is C18H17N3O2. The van der Waals surface area contributed by atoms with Crippen LogP contribution in [0.4, 0.5) is 4.79 Å². The average molecular weight is 307 g/mol. The standard InChI is InChI=1S/C18H17N3O2/c1-21(18(22)23)12-15-19-16(13-8-4-2-5-9-13)17(20-15)14-10-6-3-7-11-14/h2-11H,12H2,1H3,(H,19,20)(H,22,23). The summed E-state index contributed by atoms with van der Waals surface area (Å²) in [7, 11) is 1.52. The van der Waals surface area contributed by atoms with Crippen LogP contribution in [0, 0.1) is 0 Å². The predicted molar refractivity (Wildman–Crippen MR) is 89.0 cm³/mol. The molecule has 0 atom stereocenters. The van der Waals surface area contributed by atoms with Gasteiger partial charge in [-0.25, -0.2) is 9.78 Å². The van der Waals surface area contributed by atoms with Crippen molar-refractivity contribution in [3.63, 3.8) is 0 Å². The number of amides is 1. The second-order valence-corrected chi connectivity index (χ2v) is 5.28. The van der Waals surface area contributed by atoms with E-state index in [1.807, 2.05) is 60.7 Å². The van der Waals surface area contributed by atoms with Crippen LogP contribution in [-0.2, 0) is 6.54 Å². The van der Waals surface area contributed by atoms with Crippen molar-refractivity contribution in [2.45, 2.75) is 6.54 Å². The second kappa shape index (κ2) is 6.36. The number of imidazole rings is 1. The fourth-order valence-corrected chi connectivity index (χ4v) is 2.41.